The normalized spacial score (nSPS) is 12.1. The average molecular weight is 319 g/mol. The molecule has 0 fully saturated rings. The number of benzene rings is 1. The zero-order valence-corrected chi connectivity index (χ0v) is 12.5. The summed E-state index contributed by atoms with van der Waals surface area (Å²) in [6.45, 7) is 2.18. The second-order valence-electron chi connectivity index (χ2n) is 4.46. The highest BCUT2D eigenvalue weighted by molar-refractivity contribution is 5.79. The molecule has 124 valence electrons. The molecule has 0 aliphatic rings. The van der Waals surface area contributed by atoms with Gasteiger partial charge in [-0.1, -0.05) is 12.1 Å². The number of para-hydroxylation sites is 1. The lowest BCUT2D eigenvalue weighted by molar-refractivity contribution is -0.132. The molecular weight excluding hydrogens is 299 g/mol. The van der Waals surface area contributed by atoms with E-state index in [1.54, 1.807) is 18.2 Å². The monoisotopic (exact) mass is 319 g/mol. The summed E-state index contributed by atoms with van der Waals surface area (Å²) < 4.78 is 41.4. The molecule has 1 aromatic carbocycles. The van der Waals surface area contributed by atoms with Gasteiger partial charge in [-0.05, 0) is 13.0 Å². The summed E-state index contributed by atoms with van der Waals surface area (Å²) in [6, 6.07) is 4.98. The number of aromatic hydroxyl groups is 1. The fourth-order valence-electron chi connectivity index (χ4n) is 1.69. The van der Waals surface area contributed by atoms with Gasteiger partial charge in [0.05, 0.1) is 20.1 Å². The smallest absolute Gasteiger partial charge is 0.390 e. The summed E-state index contributed by atoms with van der Waals surface area (Å²) in [5.74, 6) is 0.552. The molecule has 1 rings (SSSR count). The van der Waals surface area contributed by atoms with Gasteiger partial charge >= 0.3 is 6.18 Å². The van der Waals surface area contributed by atoms with E-state index in [1.807, 2.05) is 6.92 Å². The second-order valence-corrected chi connectivity index (χ2v) is 4.46. The third-order valence-corrected chi connectivity index (χ3v) is 2.76. The van der Waals surface area contributed by atoms with E-state index in [1.165, 1.54) is 7.11 Å². The SMILES string of the molecule is CCNC(=NCc1cccc(OC)c1O)NCCC(F)(F)F. The molecule has 0 atom stereocenters. The number of phenolic OH excluding ortho intramolecular Hbond substituents is 1. The number of halogens is 3. The molecule has 8 heteroatoms. The first-order chi connectivity index (χ1) is 10.4. The van der Waals surface area contributed by atoms with Crippen molar-refractivity contribution >= 4 is 5.96 Å². The summed E-state index contributed by atoms with van der Waals surface area (Å²) in [5, 5.41) is 15.4. The van der Waals surface area contributed by atoms with Crippen molar-refractivity contribution in [1.29, 1.82) is 0 Å². The van der Waals surface area contributed by atoms with Gasteiger partial charge in [-0.15, -0.1) is 0 Å². The van der Waals surface area contributed by atoms with Crippen LogP contribution in [0, 0.1) is 0 Å². The van der Waals surface area contributed by atoms with Crippen LogP contribution in [0.25, 0.3) is 0 Å². The molecule has 22 heavy (non-hydrogen) atoms. The van der Waals surface area contributed by atoms with E-state index in [9.17, 15) is 18.3 Å². The predicted molar refractivity (Wildman–Crippen MR) is 78.1 cm³/mol. The number of hydrogen-bond donors (Lipinski definition) is 3. The number of methoxy groups -OCH3 is 1. The topological polar surface area (TPSA) is 65.9 Å². The highest BCUT2D eigenvalue weighted by Gasteiger charge is 2.26. The van der Waals surface area contributed by atoms with Gasteiger partial charge < -0.3 is 20.5 Å². The molecular formula is C14H20F3N3O2. The Balaban J connectivity index is 2.69. The van der Waals surface area contributed by atoms with Crippen LogP contribution in [-0.4, -0.2) is 37.4 Å². The van der Waals surface area contributed by atoms with Crippen molar-refractivity contribution in [2.45, 2.75) is 26.1 Å². The summed E-state index contributed by atoms with van der Waals surface area (Å²) in [4.78, 5) is 4.15. The molecule has 5 nitrogen and oxygen atoms in total. The molecule has 0 saturated carbocycles. The van der Waals surface area contributed by atoms with E-state index in [2.05, 4.69) is 15.6 Å². The van der Waals surface area contributed by atoms with Gasteiger partial charge in [0.1, 0.15) is 0 Å². The number of guanidine groups is 1. The van der Waals surface area contributed by atoms with Crippen molar-refractivity contribution in [1.82, 2.24) is 10.6 Å². The molecule has 0 unspecified atom stereocenters. The molecule has 0 aromatic heterocycles. The molecule has 3 N–H and O–H groups in total. The van der Waals surface area contributed by atoms with E-state index in [0.29, 0.717) is 17.9 Å². The Hall–Kier alpha value is -2.12. The fourth-order valence-corrected chi connectivity index (χ4v) is 1.69. The second kappa shape index (κ2) is 8.35. The van der Waals surface area contributed by atoms with E-state index in [4.69, 9.17) is 4.74 Å². The quantitative estimate of drug-likeness (QED) is 0.556. The maximum absolute atomic E-state index is 12.1. The van der Waals surface area contributed by atoms with E-state index >= 15 is 0 Å². The number of aliphatic imine (C=N–C) groups is 1. The third-order valence-electron chi connectivity index (χ3n) is 2.76. The maximum atomic E-state index is 12.1. The highest BCUT2D eigenvalue weighted by atomic mass is 19.4. The molecule has 0 saturated heterocycles. The average Bonchev–Trinajstić information content (AvgIpc) is 2.44. The number of nitrogens with one attached hydrogen (secondary N) is 2. The molecule has 0 radical (unpaired) electrons. The van der Waals surface area contributed by atoms with Gasteiger partial charge in [-0.3, -0.25) is 0 Å². The summed E-state index contributed by atoms with van der Waals surface area (Å²) in [7, 11) is 1.44. The third kappa shape index (κ3) is 6.11. The number of nitrogens with zero attached hydrogens (tertiary/aromatic N) is 1. The van der Waals surface area contributed by atoms with E-state index in [-0.39, 0.29) is 24.8 Å². The van der Waals surface area contributed by atoms with Crippen molar-refractivity contribution in [3.8, 4) is 11.5 Å². The van der Waals surface area contributed by atoms with Gasteiger partial charge in [0.25, 0.3) is 0 Å². The van der Waals surface area contributed by atoms with Crippen LogP contribution >= 0.6 is 0 Å². The number of alkyl halides is 3. The van der Waals surface area contributed by atoms with Crippen LogP contribution in [0.3, 0.4) is 0 Å². The van der Waals surface area contributed by atoms with Crippen molar-refractivity contribution in [2.24, 2.45) is 4.99 Å². The Labute approximate surface area is 127 Å². The Morgan fingerprint density at radius 1 is 1.32 bits per heavy atom. The largest absolute Gasteiger partial charge is 0.504 e. The van der Waals surface area contributed by atoms with Crippen LogP contribution in [0.5, 0.6) is 11.5 Å². The first-order valence-electron chi connectivity index (χ1n) is 6.81. The molecule has 0 aliphatic heterocycles. The zero-order valence-electron chi connectivity index (χ0n) is 12.5. The number of ether oxygens (including phenoxy) is 1. The summed E-state index contributed by atoms with van der Waals surface area (Å²) >= 11 is 0. The van der Waals surface area contributed by atoms with Crippen molar-refractivity contribution in [3.63, 3.8) is 0 Å². The molecule has 0 bridgehead atoms. The van der Waals surface area contributed by atoms with Gasteiger partial charge in [0, 0.05) is 18.7 Å². The number of phenols is 1. The fraction of sp³-hybridized carbons (Fsp3) is 0.500. The van der Waals surface area contributed by atoms with Gasteiger partial charge in [0.2, 0.25) is 0 Å². The van der Waals surface area contributed by atoms with Crippen molar-refractivity contribution in [2.75, 3.05) is 20.2 Å². The molecule has 0 heterocycles. The van der Waals surface area contributed by atoms with Gasteiger partial charge in [0.15, 0.2) is 17.5 Å². The first-order valence-corrected chi connectivity index (χ1v) is 6.81. The highest BCUT2D eigenvalue weighted by Crippen LogP contribution is 2.29. The van der Waals surface area contributed by atoms with Crippen LogP contribution in [0.2, 0.25) is 0 Å². The van der Waals surface area contributed by atoms with Crippen LogP contribution in [0.4, 0.5) is 13.2 Å². The minimum atomic E-state index is -4.21. The van der Waals surface area contributed by atoms with Gasteiger partial charge in [-0.2, -0.15) is 13.2 Å². The Morgan fingerprint density at radius 3 is 2.64 bits per heavy atom. The van der Waals surface area contributed by atoms with Crippen LogP contribution in [-0.2, 0) is 6.54 Å². The van der Waals surface area contributed by atoms with Crippen LogP contribution in [0.1, 0.15) is 18.9 Å². The van der Waals surface area contributed by atoms with Crippen molar-refractivity contribution in [3.05, 3.63) is 23.8 Å². The first kappa shape index (κ1) is 17.9. The lowest BCUT2D eigenvalue weighted by atomic mass is 10.2. The zero-order chi connectivity index (χ0) is 16.6. The Bertz CT molecular complexity index is 505. The van der Waals surface area contributed by atoms with Crippen molar-refractivity contribution < 1.29 is 23.0 Å². The molecule has 1 aromatic rings. The van der Waals surface area contributed by atoms with E-state index < -0.39 is 12.6 Å². The van der Waals surface area contributed by atoms with E-state index in [0.717, 1.165) is 0 Å². The number of hydrogen-bond acceptors (Lipinski definition) is 3. The summed E-state index contributed by atoms with van der Waals surface area (Å²) in [5.41, 5.74) is 0.521. The predicted octanol–water partition coefficient (Wildman–Crippen LogP) is 2.41. The van der Waals surface area contributed by atoms with Crippen LogP contribution < -0.4 is 15.4 Å². The molecule has 0 amide bonds. The number of rotatable bonds is 6. The Kier molecular flexibility index (Phi) is 6.81. The standard InChI is InChI=1S/C14H20F3N3O2/c1-3-18-13(19-8-7-14(15,16)17)20-9-10-5-4-6-11(22-2)12(10)21/h4-6,21H,3,7-9H2,1-2H3,(H2,18,19,20). The van der Waals surface area contributed by atoms with Gasteiger partial charge in [-0.25, -0.2) is 4.99 Å². The minimum Gasteiger partial charge on any atom is -0.504 e. The van der Waals surface area contributed by atoms with Crippen LogP contribution in [0.15, 0.2) is 23.2 Å². The maximum Gasteiger partial charge on any atom is 0.390 e. The Morgan fingerprint density at radius 2 is 2.05 bits per heavy atom. The minimum absolute atomic E-state index is 0.0279. The molecule has 0 aliphatic carbocycles. The lowest BCUT2D eigenvalue weighted by Gasteiger charge is -2.13. The summed E-state index contributed by atoms with van der Waals surface area (Å²) in [6.07, 6.45) is -5.16. The molecule has 0 spiro atoms. The lowest BCUT2D eigenvalue weighted by Crippen LogP contribution is -2.38.